The van der Waals surface area contributed by atoms with E-state index in [0.717, 1.165) is 16.2 Å². The molecule has 0 bridgehead atoms. The second kappa shape index (κ2) is 6.17. The van der Waals surface area contributed by atoms with E-state index in [4.69, 9.17) is 23.2 Å². The zero-order valence-electron chi connectivity index (χ0n) is 11.6. The van der Waals surface area contributed by atoms with E-state index in [1.54, 1.807) is 5.38 Å². The summed E-state index contributed by atoms with van der Waals surface area (Å²) in [4.78, 5) is 28.4. The lowest BCUT2D eigenvalue weighted by Crippen LogP contribution is -2.30. The molecule has 0 fully saturated rings. The lowest BCUT2D eigenvalue weighted by Gasteiger charge is -2.14. The predicted octanol–water partition coefficient (Wildman–Crippen LogP) is 2.51. The van der Waals surface area contributed by atoms with Gasteiger partial charge < -0.3 is 0 Å². The first-order valence-electron chi connectivity index (χ1n) is 6.27. The van der Waals surface area contributed by atoms with Gasteiger partial charge in [-0.1, -0.05) is 23.2 Å². The van der Waals surface area contributed by atoms with Crippen molar-refractivity contribution < 1.29 is 18.0 Å². The van der Waals surface area contributed by atoms with Gasteiger partial charge in [0.2, 0.25) is 0 Å². The van der Waals surface area contributed by atoms with E-state index >= 15 is 0 Å². The largest absolute Gasteiger partial charge is 0.278 e. The van der Waals surface area contributed by atoms with Gasteiger partial charge in [0, 0.05) is 11.6 Å². The van der Waals surface area contributed by atoms with Crippen LogP contribution in [0, 0.1) is 0 Å². The summed E-state index contributed by atoms with van der Waals surface area (Å²) >= 11 is 12.5. The fourth-order valence-corrected chi connectivity index (χ4v) is 4.05. The van der Waals surface area contributed by atoms with Crippen molar-refractivity contribution in [1.29, 1.82) is 0 Å². The molecule has 1 aliphatic rings. The molecular weight excluding hydrogens is 397 g/mol. The molecule has 1 aromatic heterocycles. The van der Waals surface area contributed by atoms with Crippen molar-refractivity contribution in [3.8, 4) is 0 Å². The van der Waals surface area contributed by atoms with Crippen LogP contribution >= 0.6 is 34.5 Å². The standard InChI is InChI=1S/C13H7Cl2N3O4S2/c14-9-10(15)12(20)18(11(9)19)7-1-3-8(4-2-7)24(21,22)17-13-16-5-6-23-13/h1-6H,(H,16,17). The minimum atomic E-state index is -3.83. The summed E-state index contributed by atoms with van der Waals surface area (Å²) in [6.07, 6.45) is 1.47. The van der Waals surface area contributed by atoms with Crippen molar-refractivity contribution in [2.45, 2.75) is 4.90 Å². The van der Waals surface area contributed by atoms with Crippen LogP contribution in [0.4, 0.5) is 10.8 Å². The average molecular weight is 404 g/mol. The van der Waals surface area contributed by atoms with E-state index in [1.165, 1.54) is 30.5 Å². The van der Waals surface area contributed by atoms with Gasteiger partial charge in [-0.25, -0.2) is 18.3 Å². The minimum Gasteiger partial charge on any atom is -0.267 e. The number of imide groups is 1. The number of hydrogen-bond acceptors (Lipinski definition) is 6. The molecule has 0 atom stereocenters. The Labute approximate surface area is 150 Å². The van der Waals surface area contributed by atoms with Gasteiger partial charge in [0.15, 0.2) is 5.13 Å². The number of benzene rings is 1. The molecule has 0 unspecified atom stereocenters. The van der Waals surface area contributed by atoms with Crippen LogP contribution < -0.4 is 9.62 Å². The molecule has 1 N–H and O–H groups in total. The number of rotatable bonds is 4. The van der Waals surface area contributed by atoms with Gasteiger partial charge in [-0.3, -0.25) is 14.3 Å². The molecule has 0 saturated carbocycles. The first kappa shape index (κ1) is 16.9. The van der Waals surface area contributed by atoms with Gasteiger partial charge in [-0.15, -0.1) is 11.3 Å². The van der Waals surface area contributed by atoms with Gasteiger partial charge in [0.1, 0.15) is 10.1 Å². The molecule has 0 spiro atoms. The molecule has 0 saturated heterocycles. The lowest BCUT2D eigenvalue weighted by molar-refractivity contribution is -0.120. The van der Waals surface area contributed by atoms with E-state index in [1.807, 2.05) is 0 Å². The Hall–Kier alpha value is -1.94. The number of anilines is 2. The molecule has 11 heteroatoms. The highest BCUT2D eigenvalue weighted by Gasteiger charge is 2.37. The molecule has 124 valence electrons. The number of thiazole rings is 1. The third-order valence-corrected chi connectivity index (χ3v) is 6.00. The van der Waals surface area contributed by atoms with Crippen LogP contribution in [0.2, 0.25) is 0 Å². The maximum Gasteiger partial charge on any atom is 0.278 e. The minimum absolute atomic E-state index is 0.0503. The Morgan fingerprint density at radius 2 is 1.62 bits per heavy atom. The highest BCUT2D eigenvalue weighted by Crippen LogP contribution is 2.31. The van der Waals surface area contributed by atoms with Crippen LogP contribution in [-0.2, 0) is 19.6 Å². The van der Waals surface area contributed by atoms with Crippen molar-refractivity contribution in [2.24, 2.45) is 0 Å². The summed E-state index contributed by atoms with van der Waals surface area (Å²) < 4.78 is 26.8. The van der Waals surface area contributed by atoms with Crippen LogP contribution in [0.5, 0.6) is 0 Å². The Bertz CT molecular complexity index is 930. The lowest BCUT2D eigenvalue weighted by atomic mass is 10.3. The van der Waals surface area contributed by atoms with Gasteiger partial charge in [0.25, 0.3) is 21.8 Å². The zero-order chi connectivity index (χ0) is 17.5. The van der Waals surface area contributed by atoms with Gasteiger partial charge in [0.05, 0.1) is 10.6 Å². The second-order valence-corrected chi connectivity index (χ2v) is 7.84. The molecular formula is C13H7Cl2N3O4S2. The fraction of sp³-hybridized carbons (Fsp3) is 0. The first-order chi connectivity index (χ1) is 11.3. The van der Waals surface area contributed by atoms with Crippen molar-refractivity contribution in [1.82, 2.24) is 4.98 Å². The smallest absolute Gasteiger partial charge is 0.267 e. The number of carbonyl (C=O) groups is 2. The fourth-order valence-electron chi connectivity index (χ4n) is 1.93. The van der Waals surface area contributed by atoms with Gasteiger partial charge in [-0.05, 0) is 24.3 Å². The normalized spacial score (nSPS) is 15.3. The van der Waals surface area contributed by atoms with E-state index in [2.05, 4.69) is 9.71 Å². The van der Waals surface area contributed by atoms with Crippen LogP contribution in [0.25, 0.3) is 0 Å². The Kier molecular flexibility index (Phi) is 4.35. The number of nitrogens with zero attached hydrogens (tertiary/aromatic N) is 2. The zero-order valence-corrected chi connectivity index (χ0v) is 14.7. The summed E-state index contributed by atoms with van der Waals surface area (Å²) in [6.45, 7) is 0. The number of aromatic nitrogens is 1. The average Bonchev–Trinajstić information content (AvgIpc) is 3.11. The molecule has 1 aliphatic heterocycles. The number of hydrogen-bond donors (Lipinski definition) is 1. The summed E-state index contributed by atoms with van der Waals surface area (Å²) in [7, 11) is -3.83. The maximum atomic E-state index is 12.2. The molecule has 7 nitrogen and oxygen atoms in total. The van der Waals surface area contributed by atoms with Crippen LogP contribution in [0.15, 0.2) is 50.8 Å². The van der Waals surface area contributed by atoms with Crippen molar-refractivity contribution in [3.05, 3.63) is 45.9 Å². The Balaban J connectivity index is 1.87. The molecule has 3 rings (SSSR count). The molecule has 0 aliphatic carbocycles. The summed E-state index contributed by atoms with van der Waals surface area (Å²) in [6, 6.07) is 5.13. The second-order valence-electron chi connectivity index (χ2n) is 4.51. The monoisotopic (exact) mass is 403 g/mol. The van der Waals surface area contributed by atoms with Crippen LogP contribution in [0.3, 0.4) is 0 Å². The highest BCUT2D eigenvalue weighted by molar-refractivity contribution is 7.93. The third-order valence-electron chi connectivity index (χ3n) is 3.03. The predicted molar refractivity (Wildman–Crippen MR) is 90.6 cm³/mol. The van der Waals surface area contributed by atoms with Gasteiger partial charge >= 0.3 is 0 Å². The Morgan fingerprint density at radius 3 is 2.12 bits per heavy atom. The van der Waals surface area contributed by atoms with E-state index < -0.39 is 21.8 Å². The number of halogens is 2. The first-order valence-corrected chi connectivity index (χ1v) is 9.39. The van der Waals surface area contributed by atoms with E-state index in [0.29, 0.717) is 0 Å². The SMILES string of the molecule is O=C1C(Cl)=C(Cl)C(=O)N1c1ccc(S(=O)(=O)Nc2nccs2)cc1. The number of carbonyl (C=O) groups excluding carboxylic acids is 2. The molecule has 24 heavy (non-hydrogen) atoms. The molecule has 2 heterocycles. The molecule has 2 amide bonds. The van der Waals surface area contributed by atoms with E-state index in [9.17, 15) is 18.0 Å². The topological polar surface area (TPSA) is 96.4 Å². The van der Waals surface area contributed by atoms with E-state index in [-0.39, 0.29) is 25.8 Å². The summed E-state index contributed by atoms with van der Waals surface area (Å²) in [5.41, 5.74) is 0.159. The van der Waals surface area contributed by atoms with Crippen LogP contribution in [-0.4, -0.2) is 25.2 Å². The van der Waals surface area contributed by atoms with Crippen molar-refractivity contribution in [3.63, 3.8) is 0 Å². The molecule has 2 aromatic rings. The third kappa shape index (κ3) is 2.91. The van der Waals surface area contributed by atoms with Crippen molar-refractivity contribution in [2.75, 3.05) is 9.62 Å². The van der Waals surface area contributed by atoms with Crippen molar-refractivity contribution >= 4 is 67.2 Å². The van der Waals surface area contributed by atoms with Gasteiger partial charge in [-0.2, -0.15) is 0 Å². The number of nitrogens with one attached hydrogen (secondary N) is 1. The molecule has 0 radical (unpaired) electrons. The quantitative estimate of drug-likeness (QED) is 0.790. The maximum absolute atomic E-state index is 12.2. The summed E-state index contributed by atoms with van der Waals surface area (Å²) in [5, 5.41) is 1.12. The highest BCUT2D eigenvalue weighted by atomic mass is 35.5. The summed E-state index contributed by atoms with van der Waals surface area (Å²) in [5.74, 6) is -1.52. The van der Waals surface area contributed by atoms with Crippen LogP contribution in [0.1, 0.15) is 0 Å². The number of amides is 2. The molecule has 1 aromatic carbocycles. The number of sulfonamides is 1. The Morgan fingerprint density at radius 1 is 1.04 bits per heavy atom.